The summed E-state index contributed by atoms with van der Waals surface area (Å²) in [5, 5.41) is 4.43. The van der Waals surface area contributed by atoms with E-state index in [4.69, 9.17) is 4.74 Å². The second kappa shape index (κ2) is 5.93. The van der Waals surface area contributed by atoms with Gasteiger partial charge in [-0.05, 0) is 22.9 Å². The molecule has 2 aromatic carbocycles. The number of hydrogen-bond acceptors (Lipinski definition) is 2. The molecule has 0 unspecified atom stereocenters. The quantitative estimate of drug-likeness (QED) is 0.840. The molecule has 19 heavy (non-hydrogen) atoms. The monoisotopic (exact) mass is 269 g/mol. The number of rotatable bonds is 5. The molecular formula is C14H14F3NO. The highest BCUT2D eigenvalue weighted by molar-refractivity contribution is 5.83. The molecule has 0 aromatic heterocycles. The largest absolute Gasteiger partial charge is 0.492 e. The lowest BCUT2D eigenvalue weighted by Gasteiger charge is -2.10. The molecule has 0 bridgehead atoms. The molecular weight excluding hydrogens is 255 g/mol. The predicted octanol–water partition coefficient (Wildman–Crippen LogP) is 3.37. The highest BCUT2D eigenvalue weighted by Crippen LogP contribution is 2.20. The van der Waals surface area contributed by atoms with Crippen LogP contribution in [0.25, 0.3) is 10.8 Å². The Bertz CT molecular complexity index is 539. The molecule has 0 aliphatic heterocycles. The van der Waals surface area contributed by atoms with Gasteiger partial charge in [-0.3, -0.25) is 0 Å². The summed E-state index contributed by atoms with van der Waals surface area (Å²) in [6.45, 7) is -0.630. The topological polar surface area (TPSA) is 21.3 Å². The molecule has 1 N–H and O–H groups in total. The zero-order chi connectivity index (χ0) is 13.7. The summed E-state index contributed by atoms with van der Waals surface area (Å²) in [5.74, 6) is 0.660. The minimum atomic E-state index is -4.18. The number of ether oxygens (including phenoxy) is 1. The zero-order valence-electron chi connectivity index (χ0n) is 10.2. The van der Waals surface area contributed by atoms with Crippen molar-refractivity contribution in [1.29, 1.82) is 0 Å². The molecule has 0 saturated carbocycles. The van der Waals surface area contributed by atoms with Crippen molar-refractivity contribution in [2.75, 3.05) is 19.7 Å². The number of benzene rings is 2. The van der Waals surface area contributed by atoms with Gasteiger partial charge in [0.1, 0.15) is 12.4 Å². The Morgan fingerprint density at radius 2 is 1.74 bits per heavy atom. The molecule has 2 nitrogen and oxygen atoms in total. The van der Waals surface area contributed by atoms with Gasteiger partial charge in [0.15, 0.2) is 0 Å². The molecule has 0 amide bonds. The van der Waals surface area contributed by atoms with Gasteiger partial charge in [0.05, 0.1) is 6.54 Å². The molecule has 0 spiro atoms. The maximum absolute atomic E-state index is 11.9. The van der Waals surface area contributed by atoms with Crippen molar-refractivity contribution in [3.63, 3.8) is 0 Å². The first-order valence-electron chi connectivity index (χ1n) is 5.94. The van der Waals surface area contributed by atoms with Gasteiger partial charge in [-0.15, -0.1) is 0 Å². The van der Waals surface area contributed by atoms with Gasteiger partial charge in [-0.2, -0.15) is 13.2 Å². The summed E-state index contributed by atoms with van der Waals surface area (Å²) in [6.07, 6.45) is -4.18. The smallest absolute Gasteiger partial charge is 0.401 e. The van der Waals surface area contributed by atoms with Crippen LogP contribution in [0.3, 0.4) is 0 Å². The lowest BCUT2D eigenvalue weighted by Crippen LogP contribution is -2.31. The van der Waals surface area contributed by atoms with E-state index in [0.717, 1.165) is 10.8 Å². The van der Waals surface area contributed by atoms with Crippen molar-refractivity contribution < 1.29 is 17.9 Å². The zero-order valence-corrected chi connectivity index (χ0v) is 10.2. The third kappa shape index (κ3) is 4.44. The van der Waals surface area contributed by atoms with E-state index in [-0.39, 0.29) is 13.2 Å². The summed E-state index contributed by atoms with van der Waals surface area (Å²) in [5.41, 5.74) is 0. The van der Waals surface area contributed by atoms with Gasteiger partial charge in [0, 0.05) is 6.54 Å². The van der Waals surface area contributed by atoms with Crippen LogP contribution in [0.4, 0.5) is 13.2 Å². The highest BCUT2D eigenvalue weighted by atomic mass is 19.4. The van der Waals surface area contributed by atoms with Crippen LogP contribution in [-0.4, -0.2) is 25.9 Å². The third-order valence-electron chi connectivity index (χ3n) is 2.59. The Hall–Kier alpha value is -1.75. The van der Waals surface area contributed by atoms with Crippen molar-refractivity contribution in [3.05, 3.63) is 42.5 Å². The van der Waals surface area contributed by atoms with Crippen molar-refractivity contribution in [1.82, 2.24) is 5.32 Å². The van der Waals surface area contributed by atoms with Crippen LogP contribution in [0, 0.1) is 0 Å². The normalized spacial score (nSPS) is 11.7. The fourth-order valence-electron chi connectivity index (χ4n) is 1.73. The van der Waals surface area contributed by atoms with E-state index in [1.807, 2.05) is 42.5 Å². The van der Waals surface area contributed by atoms with Gasteiger partial charge >= 0.3 is 6.18 Å². The Kier molecular flexibility index (Phi) is 4.27. The summed E-state index contributed by atoms with van der Waals surface area (Å²) >= 11 is 0. The van der Waals surface area contributed by atoms with E-state index in [0.29, 0.717) is 5.75 Å². The fourth-order valence-corrected chi connectivity index (χ4v) is 1.73. The van der Waals surface area contributed by atoms with Crippen LogP contribution in [0.15, 0.2) is 42.5 Å². The van der Waals surface area contributed by atoms with Crippen LogP contribution in [0.1, 0.15) is 0 Å². The second-order valence-corrected chi connectivity index (χ2v) is 4.15. The number of nitrogens with one attached hydrogen (secondary N) is 1. The van der Waals surface area contributed by atoms with Crippen LogP contribution >= 0.6 is 0 Å². The van der Waals surface area contributed by atoms with Gasteiger partial charge < -0.3 is 10.1 Å². The van der Waals surface area contributed by atoms with Gasteiger partial charge in [0.2, 0.25) is 0 Å². The van der Waals surface area contributed by atoms with E-state index in [1.165, 1.54) is 0 Å². The van der Waals surface area contributed by atoms with Crippen molar-refractivity contribution >= 4 is 10.8 Å². The molecule has 0 fully saturated rings. The molecule has 0 saturated heterocycles. The van der Waals surface area contributed by atoms with Gasteiger partial charge in [-0.1, -0.05) is 30.3 Å². The first-order valence-corrected chi connectivity index (χ1v) is 5.94. The molecule has 0 radical (unpaired) electrons. The van der Waals surface area contributed by atoms with Crippen LogP contribution < -0.4 is 10.1 Å². The SMILES string of the molecule is FC(F)(F)CNCCOc1ccc2ccccc2c1. The van der Waals surface area contributed by atoms with Crippen molar-refractivity contribution in [3.8, 4) is 5.75 Å². The van der Waals surface area contributed by atoms with E-state index in [1.54, 1.807) is 0 Å². The molecule has 0 aliphatic carbocycles. The minimum Gasteiger partial charge on any atom is -0.492 e. The Morgan fingerprint density at radius 3 is 2.47 bits per heavy atom. The summed E-state index contributed by atoms with van der Waals surface area (Å²) in [4.78, 5) is 0. The predicted molar refractivity (Wildman–Crippen MR) is 68.4 cm³/mol. The van der Waals surface area contributed by atoms with E-state index in [9.17, 15) is 13.2 Å². The number of halogens is 3. The van der Waals surface area contributed by atoms with E-state index >= 15 is 0 Å². The number of fused-ring (bicyclic) bond motifs is 1. The lowest BCUT2D eigenvalue weighted by atomic mass is 10.1. The Balaban J connectivity index is 1.82. The van der Waals surface area contributed by atoms with Gasteiger partial charge in [-0.25, -0.2) is 0 Å². The lowest BCUT2D eigenvalue weighted by molar-refractivity contribution is -0.124. The molecule has 102 valence electrons. The molecule has 0 heterocycles. The Morgan fingerprint density at radius 1 is 1.00 bits per heavy atom. The standard InChI is InChI=1S/C14H14F3NO/c15-14(16,17)10-18-7-8-19-13-6-5-11-3-1-2-4-12(11)9-13/h1-6,9,18H,7-8,10H2. The Labute approximate surface area is 109 Å². The average Bonchev–Trinajstić information content (AvgIpc) is 2.37. The van der Waals surface area contributed by atoms with E-state index in [2.05, 4.69) is 5.32 Å². The second-order valence-electron chi connectivity index (χ2n) is 4.15. The summed E-state index contributed by atoms with van der Waals surface area (Å²) < 4.78 is 41.0. The first kappa shape index (κ1) is 13.7. The molecule has 2 aromatic rings. The van der Waals surface area contributed by atoms with Gasteiger partial charge in [0.25, 0.3) is 0 Å². The average molecular weight is 269 g/mol. The highest BCUT2D eigenvalue weighted by Gasteiger charge is 2.25. The number of hydrogen-bond donors (Lipinski definition) is 1. The van der Waals surface area contributed by atoms with Crippen LogP contribution in [0.5, 0.6) is 5.75 Å². The molecule has 0 atom stereocenters. The first-order chi connectivity index (χ1) is 9.04. The van der Waals surface area contributed by atoms with Crippen LogP contribution in [-0.2, 0) is 0 Å². The molecule has 2 rings (SSSR count). The summed E-state index contributed by atoms with van der Waals surface area (Å²) in [7, 11) is 0. The van der Waals surface area contributed by atoms with Crippen molar-refractivity contribution in [2.45, 2.75) is 6.18 Å². The van der Waals surface area contributed by atoms with E-state index < -0.39 is 12.7 Å². The maximum Gasteiger partial charge on any atom is 0.401 e. The number of alkyl halides is 3. The maximum atomic E-state index is 11.9. The third-order valence-corrected chi connectivity index (χ3v) is 2.59. The van der Waals surface area contributed by atoms with Crippen LogP contribution in [0.2, 0.25) is 0 Å². The summed E-state index contributed by atoms with van der Waals surface area (Å²) in [6, 6.07) is 13.4. The molecule has 5 heteroatoms. The minimum absolute atomic E-state index is 0.159. The fraction of sp³-hybridized carbons (Fsp3) is 0.286. The van der Waals surface area contributed by atoms with Crippen molar-refractivity contribution in [2.24, 2.45) is 0 Å². The molecule has 0 aliphatic rings.